The van der Waals surface area contributed by atoms with Crippen LogP contribution in [0.15, 0.2) is 24.3 Å². The van der Waals surface area contributed by atoms with E-state index in [2.05, 4.69) is 45.2 Å². The number of nitrogens with one attached hydrogen (secondary N) is 1. The largest absolute Gasteiger partial charge is 0.442 e. The van der Waals surface area contributed by atoms with Crippen LogP contribution in [-0.4, -0.2) is 105 Å². The number of carbonyl (C=O) groups is 2. The Morgan fingerprint density at radius 1 is 1.16 bits per heavy atom. The molecule has 10 atom stereocenters. The van der Waals surface area contributed by atoms with Gasteiger partial charge in [0, 0.05) is 32.7 Å². The zero-order valence-electron chi connectivity index (χ0n) is 27.0. The lowest BCUT2D eigenvalue weighted by Crippen LogP contribution is -2.54. The Kier molecular flexibility index (Phi) is 9.64. The second-order valence-electron chi connectivity index (χ2n) is 14.3. The number of hydrogen-bond acceptors (Lipinski definition) is 8. The van der Waals surface area contributed by atoms with Gasteiger partial charge in [-0.25, -0.2) is 4.79 Å². The van der Waals surface area contributed by atoms with E-state index >= 15 is 0 Å². The zero-order chi connectivity index (χ0) is 31.0. The molecule has 2 amide bonds. The molecule has 1 N–H and O–H groups in total. The first-order valence-electron chi connectivity index (χ1n) is 16.0. The van der Waals surface area contributed by atoms with Crippen molar-refractivity contribution in [2.45, 2.75) is 115 Å². The lowest BCUT2D eigenvalue weighted by atomic mass is 9.82. The highest BCUT2D eigenvalue weighted by Crippen LogP contribution is 2.57. The Hall–Kier alpha value is -1.98. The van der Waals surface area contributed by atoms with Crippen LogP contribution in [0.4, 0.5) is 4.79 Å². The van der Waals surface area contributed by atoms with Gasteiger partial charge in [0.1, 0.15) is 23.9 Å². The summed E-state index contributed by atoms with van der Waals surface area (Å²) in [5.74, 6) is 0.656. The fourth-order valence-corrected chi connectivity index (χ4v) is 7.25. The Bertz CT molecular complexity index is 1070. The Morgan fingerprint density at radius 2 is 1.88 bits per heavy atom. The van der Waals surface area contributed by atoms with Crippen LogP contribution < -0.4 is 5.32 Å². The number of epoxide rings is 1. The molecule has 1 saturated carbocycles. The monoisotopic (exact) mass is 604 g/mol. The molecule has 0 aromatic carbocycles. The fourth-order valence-electron chi connectivity index (χ4n) is 7.25. The van der Waals surface area contributed by atoms with Crippen molar-refractivity contribution in [2.24, 2.45) is 17.3 Å². The Labute approximate surface area is 256 Å². The van der Waals surface area contributed by atoms with E-state index in [1.54, 1.807) is 25.0 Å². The molecule has 5 rings (SSSR count). The molecule has 43 heavy (non-hydrogen) atoms. The van der Waals surface area contributed by atoms with Gasteiger partial charge in [-0.1, -0.05) is 26.0 Å². The Morgan fingerprint density at radius 3 is 2.56 bits per heavy atom. The molecule has 1 aliphatic carbocycles. The standard InChI is InChI=1S/C33H52N2O8/c1-21-16-25(34-28(36)9-8-22(2)41-30(37)35-12-14-39-15-13-35)23(3)42-27(21)17-24-18-32(24,6)11-10-26-29(38-7)33(20-40-33)19-31(4,5)43-26/h8-11,21-27,29H,12-20H2,1-7H3,(H,34,36)/b9-8-,11-10+/t21-,22-,23+,24+,25+,26+,27-,29+,32+,33+/m0/s1. The molecule has 0 unspecified atom stereocenters. The van der Waals surface area contributed by atoms with E-state index in [1.807, 2.05) is 6.92 Å². The number of allylic oxidation sites excluding steroid dienone is 1. The fraction of sp³-hybridized carbons (Fsp3) is 0.818. The van der Waals surface area contributed by atoms with Gasteiger partial charge in [-0.05, 0) is 70.3 Å². The number of amides is 2. The van der Waals surface area contributed by atoms with Crippen molar-refractivity contribution >= 4 is 12.0 Å². The first-order chi connectivity index (χ1) is 20.3. The van der Waals surface area contributed by atoms with Gasteiger partial charge in [0.2, 0.25) is 5.91 Å². The SMILES string of the molecule is CO[C@@H]1[C@@H](/C=C/[C@]2(C)C[C@H]2C[C@@H]2O[C@H](C)[C@H](NC(=O)/C=C\[C@H](C)OC(=O)N3CCOCC3)C[C@@H]2C)OC(C)(C)C[C@@]12CO2. The summed E-state index contributed by atoms with van der Waals surface area (Å²) in [6.45, 7) is 15.4. The molecular weight excluding hydrogens is 552 g/mol. The maximum Gasteiger partial charge on any atom is 0.410 e. The molecule has 4 aliphatic heterocycles. The molecule has 4 saturated heterocycles. The third kappa shape index (κ3) is 7.82. The summed E-state index contributed by atoms with van der Waals surface area (Å²) in [6, 6.07) is -0.0742. The predicted octanol–water partition coefficient (Wildman–Crippen LogP) is 4.02. The lowest BCUT2D eigenvalue weighted by molar-refractivity contribution is -0.180. The van der Waals surface area contributed by atoms with Gasteiger partial charge in [-0.2, -0.15) is 0 Å². The number of ether oxygens (including phenoxy) is 6. The van der Waals surface area contributed by atoms with Crippen LogP contribution in [0.25, 0.3) is 0 Å². The quantitative estimate of drug-likeness (QED) is 0.239. The summed E-state index contributed by atoms with van der Waals surface area (Å²) in [5, 5.41) is 3.10. The van der Waals surface area contributed by atoms with Gasteiger partial charge in [0.25, 0.3) is 0 Å². The first kappa shape index (κ1) is 32.4. The second kappa shape index (κ2) is 12.8. The summed E-state index contributed by atoms with van der Waals surface area (Å²) >= 11 is 0. The average molecular weight is 605 g/mol. The third-order valence-corrected chi connectivity index (χ3v) is 10.0. The normalized spacial score (nSPS) is 41.4. The molecule has 10 nitrogen and oxygen atoms in total. The van der Waals surface area contributed by atoms with Crippen molar-refractivity contribution in [3.8, 4) is 0 Å². The minimum atomic E-state index is -0.508. The highest BCUT2D eigenvalue weighted by molar-refractivity contribution is 5.87. The molecule has 5 aliphatic rings. The maximum absolute atomic E-state index is 12.7. The number of carbonyl (C=O) groups excluding carboxylic acids is 2. The van der Waals surface area contributed by atoms with E-state index < -0.39 is 6.10 Å². The van der Waals surface area contributed by atoms with Crippen LogP contribution in [0.3, 0.4) is 0 Å². The van der Waals surface area contributed by atoms with Gasteiger partial charge in [0.05, 0.1) is 43.7 Å². The van der Waals surface area contributed by atoms with E-state index in [0.717, 1.165) is 32.3 Å². The molecule has 1 spiro atoms. The van der Waals surface area contributed by atoms with Crippen LogP contribution in [0, 0.1) is 17.3 Å². The van der Waals surface area contributed by atoms with Crippen LogP contribution in [0.5, 0.6) is 0 Å². The molecule has 0 aromatic rings. The molecule has 0 bridgehead atoms. The van der Waals surface area contributed by atoms with Crippen molar-refractivity contribution in [1.29, 1.82) is 0 Å². The summed E-state index contributed by atoms with van der Waals surface area (Å²) in [7, 11) is 1.75. The van der Waals surface area contributed by atoms with Crippen molar-refractivity contribution in [3.63, 3.8) is 0 Å². The van der Waals surface area contributed by atoms with Crippen molar-refractivity contribution in [3.05, 3.63) is 24.3 Å². The summed E-state index contributed by atoms with van der Waals surface area (Å²) in [5.41, 5.74) is -0.348. The number of nitrogens with zero attached hydrogens (tertiary/aromatic N) is 1. The molecule has 242 valence electrons. The molecule has 0 radical (unpaired) electrons. The number of rotatable bonds is 9. The minimum Gasteiger partial charge on any atom is -0.442 e. The number of hydrogen-bond donors (Lipinski definition) is 1. The van der Waals surface area contributed by atoms with Crippen molar-refractivity contribution in [1.82, 2.24) is 10.2 Å². The lowest BCUT2D eigenvalue weighted by Gasteiger charge is -2.43. The number of methoxy groups -OCH3 is 1. The van der Waals surface area contributed by atoms with Crippen molar-refractivity contribution < 1.29 is 38.0 Å². The van der Waals surface area contributed by atoms with E-state index in [1.165, 1.54) is 6.08 Å². The van der Waals surface area contributed by atoms with Gasteiger partial charge >= 0.3 is 6.09 Å². The van der Waals surface area contributed by atoms with Crippen LogP contribution in [0.1, 0.15) is 67.2 Å². The zero-order valence-corrected chi connectivity index (χ0v) is 27.0. The first-order valence-corrected chi connectivity index (χ1v) is 16.0. The smallest absolute Gasteiger partial charge is 0.410 e. The number of morpholine rings is 1. The molecule has 10 heteroatoms. The van der Waals surface area contributed by atoms with Gasteiger partial charge in [-0.15, -0.1) is 0 Å². The molecular formula is C33H52N2O8. The summed E-state index contributed by atoms with van der Waals surface area (Å²) in [6.07, 6.45) is 10.4. The van der Waals surface area contributed by atoms with Gasteiger partial charge in [-0.3, -0.25) is 4.79 Å². The van der Waals surface area contributed by atoms with E-state index in [-0.39, 0.29) is 59.1 Å². The van der Waals surface area contributed by atoms with Crippen LogP contribution in [-0.2, 0) is 33.2 Å². The highest BCUT2D eigenvalue weighted by Gasteiger charge is 2.61. The molecule has 4 heterocycles. The molecule has 0 aromatic heterocycles. The predicted molar refractivity (Wildman–Crippen MR) is 161 cm³/mol. The second-order valence-corrected chi connectivity index (χ2v) is 14.3. The van der Waals surface area contributed by atoms with Gasteiger partial charge < -0.3 is 38.6 Å². The van der Waals surface area contributed by atoms with E-state index in [4.69, 9.17) is 28.4 Å². The topological polar surface area (TPSA) is 108 Å². The maximum atomic E-state index is 12.7. The van der Waals surface area contributed by atoms with Crippen LogP contribution >= 0.6 is 0 Å². The molecule has 5 fully saturated rings. The highest BCUT2D eigenvalue weighted by atomic mass is 16.6. The summed E-state index contributed by atoms with van der Waals surface area (Å²) < 4.78 is 35.4. The Balaban J connectivity index is 1.07. The van der Waals surface area contributed by atoms with Crippen molar-refractivity contribution in [2.75, 3.05) is 40.0 Å². The van der Waals surface area contributed by atoms with E-state index in [0.29, 0.717) is 38.1 Å². The third-order valence-electron chi connectivity index (χ3n) is 10.0. The average Bonchev–Trinajstić information content (AvgIpc) is 3.86. The summed E-state index contributed by atoms with van der Waals surface area (Å²) in [4.78, 5) is 26.6. The minimum absolute atomic E-state index is 0.0742. The van der Waals surface area contributed by atoms with Gasteiger partial charge in [0.15, 0.2) is 0 Å². The van der Waals surface area contributed by atoms with Crippen LogP contribution in [0.2, 0.25) is 0 Å². The van der Waals surface area contributed by atoms with E-state index in [9.17, 15) is 9.59 Å².